The zero-order chi connectivity index (χ0) is 22.6. The molecule has 1 N–H and O–H groups in total. The summed E-state index contributed by atoms with van der Waals surface area (Å²) in [5.41, 5.74) is -4.39. The Morgan fingerprint density at radius 2 is 2.00 bits per heavy atom. The Morgan fingerprint density at radius 1 is 1.29 bits per heavy atom. The summed E-state index contributed by atoms with van der Waals surface area (Å²) in [6, 6.07) is 0. The van der Waals surface area contributed by atoms with Crippen molar-refractivity contribution >= 4 is 23.2 Å². The zero-order valence-electron chi connectivity index (χ0n) is 18.4. The van der Waals surface area contributed by atoms with Gasteiger partial charge in [0, 0.05) is 16.7 Å². The second kappa shape index (κ2) is 6.28. The first kappa shape index (κ1) is 21.7. The van der Waals surface area contributed by atoms with E-state index in [2.05, 4.69) is 0 Å². The zero-order valence-corrected chi connectivity index (χ0v) is 19.2. The molecule has 4 fully saturated rings. The van der Waals surface area contributed by atoms with Gasteiger partial charge in [0.15, 0.2) is 28.6 Å². The van der Waals surface area contributed by atoms with Crippen molar-refractivity contribution in [1.82, 2.24) is 0 Å². The highest BCUT2D eigenvalue weighted by Crippen LogP contribution is 2.72. The summed E-state index contributed by atoms with van der Waals surface area (Å²) in [6.45, 7) is 7.26. The van der Waals surface area contributed by atoms with Gasteiger partial charge in [-0.15, -0.1) is 11.6 Å². The molecule has 1 saturated heterocycles. The number of carbonyl (C=O) groups is 2. The first-order valence-electron chi connectivity index (χ1n) is 11.1. The fourth-order valence-electron chi connectivity index (χ4n) is 7.91. The van der Waals surface area contributed by atoms with Crippen LogP contribution in [-0.4, -0.2) is 51.8 Å². The van der Waals surface area contributed by atoms with Crippen LogP contribution in [0.25, 0.3) is 0 Å². The van der Waals surface area contributed by atoms with E-state index in [1.54, 1.807) is 26.8 Å². The summed E-state index contributed by atoms with van der Waals surface area (Å²) >= 11 is 6.04. The Hall–Kier alpha value is -1.08. The first-order valence-corrected chi connectivity index (χ1v) is 11.7. The molecule has 1 heterocycles. The van der Waals surface area contributed by atoms with Gasteiger partial charge < -0.3 is 14.6 Å². The Balaban J connectivity index is 1.64. The van der Waals surface area contributed by atoms with E-state index >= 15 is 4.39 Å². The summed E-state index contributed by atoms with van der Waals surface area (Å²) in [5, 5.41) is 11.4. The van der Waals surface area contributed by atoms with E-state index in [4.69, 9.17) is 21.1 Å². The molecule has 0 aromatic heterocycles. The lowest BCUT2D eigenvalue weighted by Crippen LogP contribution is -2.69. The number of hydrogen-bond acceptors (Lipinski definition) is 5. The number of rotatable bonds is 2. The van der Waals surface area contributed by atoms with E-state index in [0.717, 1.165) is 5.57 Å². The first-order chi connectivity index (χ1) is 14.4. The van der Waals surface area contributed by atoms with Crippen LogP contribution in [0.5, 0.6) is 0 Å². The molecule has 8 atom stereocenters. The van der Waals surface area contributed by atoms with Gasteiger partial charge in [-0.2, -0.15) is 0 Å². The van der Waals surface area contributed by atoms with Crippen LogP contribution in [0.4, 0.5) is 4.39 Å². The molecule has 7 heteroatoms. The third kappa shape index (κ3) is 2.38. The molecule has 0 aromatic carbocycles. The van der Waals surface area contributed by atoms with E-state index in [1.807, 2.05) is 6.92 Å². The summed E-state index contributed by atoms with van der Waals surface area (Å²) in [4.78, 5) is 25.2. The second-order valence-electron chi connectivity index (χ2n) is 10.9. The van der Waals surface area contributed by atoms with Crippen molar-refractivity contribution < 1.29 is 28.6 Å². The van der Waals surface area contributed by atoms with Crippen LogP contribution in [-0.2, 0) is 19.1 Å². The van der Waals surface area contributed by atoms with E-state index in [-0.39, 0.29) is 29.8 Å². The molecule has 0 spiro atoms. The number of aliphatic hydroxyl groups is 1. The quantitative estimate of drug-likeness (QED) is 0.647. The average Bonchev–Trinajstić information content (AvgIpc) is 3.09. The third-order valence-corrected chi connectivity index (χ3v) is 9.41. The van der Waals surface area contributed by atoms with Gasteiger partial charge in [0.25, 0.3) is 0 Å². The predicted octanol–water partition coefficient (Wildman–Crippen LogP) is 3.67. The molecule has 170 valence electrons. The molecular weight excluding hydrogens is 423 g/mol. The lowest BCUT2D eigenvalue weighted by Gasteiger charge is -2.62. The highest BCUT2D eigenvalue weighted by atomic mass is 35.5. The molecule has 3 saturated carbocycles. The number of hydrogen-bond donors (Lipinski definition) is 1. The van der Waals surface area contributed by atoms with Gasteiger partial charge >= 0.3 is 0 Å². The number of carbonyl (C=O) groups excluding carboxylic acids is 2. The summed E-state index contributed by atoms with van der Waals surface area (Å²) in [7, 11) is 0. The average molecular weight is 453 g/mol. The summed E-state index contributed by atoms with van der Waals surface area (Å²) < 4.78 is 29.7. The van der Waals surface area contributed by atoms with E-state index in [1.165, 1.54) is 12.2 Å². The number of ketones is 2. The van der Waals surface area contributed by atoms with Crippen LogP contribution in [0.1, 0.15) is 53.4 Å². The Kier molecular flexibility index (Phi) is 4.41. The SMILES string of the molecule is CC1(C)O[C@@H]2CC3C4CCC5=CC(=O)C=CC5(C)[C@@]4(F)C(O)CC3(C)[C@]2(C(=O)CCl)O1. The van der Waals surface area contributed by atoms with Gasteiger partial charge in [0.05, 0.1) is 18.1 Å². The smallest absolute Gasteiger partial charge is 0.182 e. The molecule has 5 aliphatic rings. The van der Waals surface area contributed by atoms with Crippen molar-refractivity contribution in [3.63, 3.8) is 0 Å². The Morgan fingerprint density at radius 3 is 2.68 bits per heavy atom. The number of ether oxygens (including phenoxy) is 2. The van der Waals surface area contributed by atoms with Gasteiger partial charge in [-0.3, -0.25) is 9.59 Å². The maximum atomic E-state index is 17.2. The van der Waals surface area contributed by atoms with Gasteiger partial charge in [0.1, 0.15) is 0 Å². The molecule has 5 nitrogen and oxygen atoms in total. The third-order valence-electron chi connectivity index (χ3n) is 9.17. The molecule has 31 heavy (non-hydrogen) atoms. The molecule has 5 rings (SSSR count). The lowest BCUT2D eigenvalue weighted by atomic mass is 9.44. The van der Waals surface area contributed by atoms with Crippen molar-refractivity contribution in [1.29, 1.82) is 0 Å². The van der Waals surface area contributed by atoms with E-state index in [0.29, 0.717) is 19.3 Å². The fraction of sp³-hybridized carbons (Fsp3) is 0.750. The topological polar surface area (TPSA) is 72.8 Å². The molecule has 0 bridgehead atoms. The molecular formula is C24H30ClFO5. The molecule has 0 amide bonds. The van der Waals surface area contributed by atoms with Gasteiger partial charge in [-0.05, 0) is 64.5 Å². The number of fused-ring (bicyclic) bond motifs is 7. The predicted molar refractivity (Wildman–Crippen MR) is 112 cm³/mol. The van der Waals surface area contributed by atoms with Crippen LogP contribution in [0.3, 0.4) is 0 Å². The van der Waals surface area contributed by atoms with Gasteiger partial charge in [0.2, 0.25) is 0 Å². The lowest BCUT2D eigenvalue weighted by molar-refractivity contribution is -0.245. The highest BCUT2D eigenvalue weighted by molar-refractivity contribution is 6.29. The minimum absolute atomic E-state index is 0.0634. The number of allylic oxidation sites excluding steroid dienone is 4. The van der Waals surface area contributed by atoms with Crippen LogP contribution < -0.4 is 0 Å². The molecule has 5 unspecified atom stereocenters. The second-order valence-corrected chi connectivity index (χ2v) is 11.2. The van der Waals surface area contributed by atoms with Gasteiger partial charge in [-0.1, -0.05) is 18.6 Å². The highest BCUT2D eigenvalue weighted by Gasteiger charge is 2.79. The van der Waals surface area contributed by atoms with Crippen molar-refractivity contribution in [3.8, 4) is 0 Å². The molecule has 1 aliphatic heterocycles. The maximum Gasteiger partial charge on any atom is 0.182 e. The van der Waals surface area contributed by atoms with Crippen LogP contribution in [0, 0.1) is 22.7 Å². The van der Waals surface area contributed by atoms with Gasteiger partial charge in [-0.25, -0.2) is 4.39 Å². The van der Waals surface area contributed by atoms with Crippen molar-refractivity contribution in [2.75, 3.05) is 5.88 Å². The fourth-order valence-corrected chi connectivity index (χ4v) is 8.11. The van der Waals surface area contributed by atoms with E-state index < -0.39 is 46.0 Å². The molecule has 0 radical (unpaired) electrons. The minimum Gasteiger partial charge on any atom is -0.390 e. The monoisotopic (exact) mass is 452 g/mol. The Bertz CT molecular complexity index is 929. The van der Waals surface area contributed by atoms with E-state index in [9.17, 15) is 14.7 Å². The van der Waals surface area contributed by atoms with Crippen molar-refractivity contribution in [2.45, 2.75) is 82.6 Å². The number of halogens is 2. The molecule has 0 aromatic rings. The van der Waals surface area contributed by atoms with Crippen LogP contribution in [0.15, 0.2) is 23.8 Å². The largest absolute Gasteiger partial charge is 0.390 e. The summed E-state index contributed by atoms with van der Waals surface area (Å²) in [5.74, 6) is -2.32. The standard InChI is InChI=1S/C24H30ClFO5/c1-20(2)30-19-10-16-15-6-5-13-9-14(27)7-8-21(13,3)23(15,26)17(28)11-22(16,4)24(19,31-20)18(29)12-25/h7-9,15-17,19,28H,5-6,10-12H2,1-4H3/t15?,16?,17?,19-,21?,22?,23+,24-/m1/s1. The summed E-state index contributed by atoms with van der Waals surface area (Å²) in [6.07, 6.45) is 4.32. The van der Waals surface area contributed by atoms with Crippen molar-refractivity contribution in [3.05, 3.63) is 23.8 Å². The maximum absolute atomic E-state index is 17.2. The van der Waals surface area contributed by atoms with Crippen molar-refractivity contribution in [2.24, 2.45) is 22.7 Å². The number of Topliss-reactive ketones (excluding diaryl/α,β-unsaturated/α-hetero) is 1. The Labute approximate surface area is 187 Å². The number of alkyl halides is 2. The molecule has 4 aliphatic carbocycles. The van der Waals surface area contributed by atoms with Crippen LogP contribution in [0.2, 0.25) is 0 Å². The number of aliphatic hydroxyl groups excluding tert-OH is 1. The van der Waals surface area contributed by atoms with Crippen LogP contribution >= 0.6 is 11.6 Å². The normalized spacial score (nSPS) is 52.1. The minimum atomic E-state index is -1.95.